The normalized spacial score (nSPS) is 13.1. The van der Waals surface area contributed by atoms with Crippen molar-refractivity contribution < 1.29 is 35.9 Å². The van der Waals surface area contributed by atoms with Crippen molar-refractivity contribution in [3.8, 4) is 5.88 Å². The van der Waals surface area contributed by atoms with E-state index in [1.54, 1.807) is 0 Å². The third-order valence-electron chi connectivity index (χ3n) is 3.62. The van der Waals surface area contributed by atoms with Crippen molar-refractivity contribution in [3.63, 3.8) is 0 Å². The fraction of sp³-hybridized carbons (Fsp3) is 0.294. The minimum absolute atomic E-state index is 0.199. The largest absolute Gasteiger partial charge is 0.481 e. The van der Waals surface area contributed by atoms with Gasteiger partial charge in [-0.25, -0.2) is 4.98 Å². The van der Waals surface area contributed by atoms with E-state index in [-0.39, 0.29) is 17.0 Å². The van der Waals surface area contributed by atoms with Crippen molar-refractivity contribution in [1.29, 1.82) is 0 Å². The molecule has 1 aromatic heterocycles. The second-order valence-corrected chi connectivity index (χ2v) is 5.49. The molecular formula is C17H14F6N2O2. The van der Waals surface area contributed by atoms with Crippen LogP contribution in [0.1, 0.15) is 22.6 Å². The number of carbonyl (C=O) groups excluding carboxylic acids is 1. The maximum absolute atomic E-state index is 13.3. The molecule has 4 nitrogen and oxygen atoms in total. The smallest absolute Gasteiger partial charge is 0.417 e. The van der Waals surface area contributed by atoms with Crippen molar-refractivity contribution in [2.24, 2.45) is 0 Å². The van der Waals surface area contributed by atoms with Crippen LogP contribution in [-0.2, 0) is 17.5 Å². The van der Waals surface area contributed by atoms with E-state index in [1.807, 2.05) is 5.32 Å². The number of methoxy groups -OCH3 is 1. The summed E-state index contributed by atoms with van der Waals surface area (Å²) in [6.45, 7) is -0.613. The van der Waals surface area contributed by atoms with Gasteiger partial charge in [-0.2, -0.15) is 26.3 Å². The minimum Gasteiger partial charge on any atom is -0.481 e. The van der Waals surface area contributed by atoms with Crippen LogP contribution >= 0.6 is 0 Å². The fourth-order valence-electron chi connectivity index (χ4n) is 2.38. The van der Waals surface area contributed by atoms with E-state index in [1.165, 1.54) is 18.2 Å². The fourth-order valence-corrected chi connectivity index (χ4v) is 2.38. The monoisotopic (exact) mass is 392 g/mol. The van der Waals surface area contributed by atoms with Gasteiger partial charge in [0.05, 0.1) is 12.7 Å². The van der Waals surface area contributed by atoms with E-state index in [9.17, 15) is 31.1 Å². The number of benzene rings is 1. The maximum Gasteiger partial charge on any atom is 0.417 e. The summed E-state index contributed by atoms with van der Waals surface area (Å²) < 4.78 is 83.1. The summed E-state index contributed by atoms with van der Waals surface area (Å²) in [6.07, 6.45) is -9.04. The molecule has 0 fully saturated rings. The molecule has 0 radical (unpaired) electrons. The van der Waals surface area contributed by atoms with Gasteiger partial charge in [-0.3, -0.25) is 4.79 Å². The predicted octanol–water partition coefficient (Wildman–Crippen LogP) is 4.07. The van der Waals surface area contributed by atoms with Crippen molar-refractivity contribution in [1.82, 2.24) is 10.3 Å². The summed E-state index contributed by atoms with van der Waals surface area (Å²) in [5, 5.41) is 2.01. The average molecular weight is 392 g/mol. The van der Waals surface area contributed by atoms with Gasteiger partial charge in [-0.05, 0) is 11.6 Å². The number of hydrogen-bond acceptors (Lipinski definition) is 3. The number of ether oxygens (including phenoxy) is 1. The van der Waals surface area contributed by atoms with Gasteiger partial charge < -0.3 is 10.1 Å². The van der Waals surface area contributed by atoms with Crippen LogP contribution in [-0.4, -0.2) is 24.2 Å². The first kappa shape index (κ1) is 20.5. The van der Waals surface area contributed by atoms with Gasteiger partial charge in [0.25, 0.3) is 0 Å². The number of alkyl halides is 6. The first-order valence-corrected chi connectivity index (χ1v) is 7.53. The van der Waals surface area contributed by atoms with Crippen LogP contribution in [0.4, 0.5) is 26.3 Å². The SMILES string of the molecule is COc1ncc(C(F)(F)F)cc1CNC(=O)C(c1ccccc1)C(F)(F)F. The van der Waals surface area contributed by atoms with E-state index in [0.717, 1.165) is 19.2 Å². The molecule has 1 atom stereocenters. The molecular weight excluding hydrogens is 378 g/mol. The number of carbonyl (C=O) groups is 1. The predicted molar refractivity (Wildman–Crippen MR) is 82.9 cm³/mol. The minimum atomic E-state index is -4.87. The lowest BCUT2D eigenvalue weighted by atomic mass is 9.97. The zero-order chi connectivity index (χ0) is 20.2. The molecule has 0 bridgehead atoms. The highest BCUT2D eigenvalue weighted by Gasteiger charge is 2.45. The summed E-state index contributed by atoms with van der Waals surface area (Å²) >= 11 is 0. The van der Waals surface area contributed by atoms with Crippen molar-refractivity contribution >= 4 is 5.91 Å². The van der Waals surface area contributed by atoms with Crippen molar-refractivity contribution in [2.75, 3.05) is 7.11 Å². The molecule has 27 heavy (non-hydrogen) atoms. The molecule has 1 heterocycles. The van der Waals surface area contributed by atoms with Gasteiger partial charge in [0, 0.05) is 18.3 Å². The highest BCUT2D eigenvalue weighted by molar-refractivity contribution is 5.84. The lowest BCUT2D eigenvalue weighted by Gasteiger charge is -2.20. The van der Waals surface area contributed by atoms with Crippen LogP contribution in [0.2, 0.25) is 0 Å². The number of rotatable bonds is 5. The highest BCUT2D eigenvalue weighted by Crippen LogP contribution is 2.35. The standard InChI is InChI=1S/C17H14F6N2O2/c1-27-15-11(7-12(9-25-15)16(18,19)20)8-24-14(26)13(17(21,22)23)10-5-3-2-4-6-10/h2-7,9,13H,8H2,1H3,(H,24,26). The van der Waals surface area contributed by atoms with Gasteiger partial charge in [0.2, 0.25) is 11.8 Å². The van der Waals surface area contributed by atoms with Crippen LogP contribution in [0.15, 0.2) is 42.6 Å². The summed E-state index contributed by atoms with van der Waals surface area (Å²) in [4.78, 5) is 15.6. The van der Waals surface area contributed by atoms with Gasteiger partial charge in [0.1, 0.15) is 0 Å². The van der Waals surface area contributed by atoms with E-state index in [0.29, 0.717) is 12.3 Å². The molecule has 1 N–H and O–H groups in total. The number of nitrogens with zero attached hydrogens (tertiary/aromatic N) is 1. The Morgan fingerprint density at radius 1 is 1.15 bits per heavy atom. The molecule has 2 aromatic rings. The Kier molecular flexibility index (Phi) is 5.97. The maximum atomic E-state index is 13.3. The van der Waals surface area contributed by atoms with Crippen molar-refractivity contribution in [2.45, 2.75) is 24.8 Å². The number of nitrogens with one attached hydrogen (secondary N) is 1. The second kappa shape index (κ2) is 7.85. The van der Waals surface area contributed by atoms with Crippen LogP contribution in [0.3, 0.4) is 0 Å². The number of amides is 1. The van der Waals surface area contributed by atoms with E-state index >= 15 is 0 Å². The molecule has 0 aliphatic rings. The van der Waals surface area contributed by atoms with Crippen molar-refractivity contribution in [3.05, 3.63) is 59.3 Å². The van der Waals surface area contributed by atoms with E-state index in [4.69, 9.17) is 4.74 Å². The third-order valence-corrected chi connectivity index (χ3v) is 3.62. The Labute approximate surface area is 150 Å². The summed E-state index contributed by atoms with van der Waals surface area (Å²) in [6, 6.07) is 7.14. The number of pyridine rings is 1. The average Bonchev–Trinajstić information content (AvgIpc) is 2.58. The summed E-state index contributed by atoms with van der Waals surface area (Å²) in [5.74, 6) is -4.08. The van der Waals surface area contributed by atoms with Crippen LogP contribution in [0, 0.1) is 0 Å². The zero-order valence-electron chi connectivity index (χ0n) is 13.9. The lowest BCUT2D eigenvalue weighted by molar-refractivity contribution is -0.165. The molecule has 146 valence electrons. The van der Waals surface area contributed by atoms with Gasteiger partial charge in [-0.1, -0.05) is 30.3 Å². The number of hydrogen-bond donors (Lipinski definition) is 1. The second-order valence-electron chi connectivity index (χ2n) is 5.49. The Morgan fingerprint density at radius 2 is 1.78 bits per heavy atom. The summed E-state index contributed by atoms with van der Waals surface area (Å²) in [5.41, 5.74) is -1.59. The number of aromatic nitrogens is 1. The molecule has 0 aliphatic heterocycles. The van der Waals surface area contributed by atoms with Crippen LogP contribution < -0.4 is 10.1 Å². The van der Waals surface area contributed by atoms with Crippen LogP contribution in [0.25, 0.3) is 0 Å². The van der Waals surface area contributed by atoms with E-state index in [2.05, 4.69) is 4.98 Å². The molecule has 10 heteroatoms. The van der Waals surface area contributed by atoms with E-state index < -0.39 is 36.3 Å². The van der Waals surface area contributed by atoms with Gasteiger partial charge in [-0.15, -0.1) is 0 Å². The third kappa shape index (κ3) is 5.11. The molecule has 1 amide bonds. The Balaban J connectivity index is 2.25. The molecule has 2 rings (SSSR count). The summed E-state index contributed by atoms with van der Waals surface area (Å²) in [7, 11) is 1.14. The number of halogens is 6. The molecule has 0 saturated heterocycles. The first-order valence-electron chi connectivity index (χ1n) is 7.53. The molecule has 1 unspecified atom stereocenters. The van der Waals surface area contributed by atoms with Gasteiger partial charge >= 0.3 is 12.4 Å². The Hall–Kier alpha value is -2.78. The topological polar surface area (TPSA) is 51.2 Å². The molecule has 1 aromatic carbocycles. The lowest BCUT2D eigenvalue weighted by Crippen LogP contribution is -2.37. The zero-order valence-corrected chi connectivity index (χ0v) is 13.9. The first-order chi connectivity index (χ1) is 12.5. The quantitative estimate of drug-likeness (QED) is 0.781. The Bertz CT molecular complexity index is 790. The van der Waals surface area contributed by atoms with Gasteiger partial charge in [0.15, 0.2) is 5.92 Å². The molecule has 0 spiro atoms. The highest BCUT2D eigenvalue weighted by atomic mass is 19.4. The van der Waals surface area contributed by atoms with Crippen LogP contribution in [0.5, 0.6) is 5.88 Å². The Morgan fingerprint density at radius 3 is 2.30 bits per heavy atom. The molecule has 0 aliphatic carbocycles. The molecule has 0 saturated carbocycles.